The lowest BCUT2D eigenvalue weighted by molar-refractivity contribution is -0.116. The molecule has 4 rings (SSSR count). The summed E-state index contributed by atoms with van der Waals surface area (Å²) in [5.74, 6) is 0.530. The highest BCUT2D eigenvalue weighted by atomic mass is 16.2. The van der Waals surface area contributed by atoms with Crippen molar-refractivity contribution in [1.29, 1.82) is 0 Å². The highest BCUT2D eigenvalue weighted by Crippen LogP contribution is 2.34. The predicted molar refractivity (Wildman–Crippen MR) is 90.2 cm³/mol. The van der Waals surface area contributed by atoms with E-state index in [9.17, 15) is 9.59 Å². The van der Waals surface area contributed by atoms with Gasteiger partial charge in [-0.15, -0.1) is 0 Å². The molecule has 1 amide bonds. The van der Waals surface area contributed by atoms with E-state index in [1.165, 1.54) is 6.42 Å². The highest BCUT2D eigenvalue weighted by molar-refractivity contribution is 5.94. The minimum Gasteiger partial charge on any atom is -0.342 e. The summed E-state index contributed by atoms with van der Waals surface area (Å²) in [5.41, 5.74) is 1.25. The van der Waals surface area contributed by atoms with Crippen LogP contribution in [-0.2, 0) is 4.79 Å². The van der Waals surface area contributed by atoms with Crippen LogP contribution in [0.5, 0.6) is 0 Å². The number of fused-ring (bicyclic) bond motifs is 1. The molecule has 0 bridgehead atoms. The number of aromatic amines is 1. The van der Waals surface area contributed by atoms with E-state index < -0.39 is 0 Å². The number of hydrogen-bond donors (Lipinski definition) is 2. The van der Waals surface area contributed by atoms with Crippen LogP contribution in [-0.4, -0.2) is 33.9 Å². The van der Waals surface area contributed by atoms with Crippen LogP contribution < -0.4 is 15.8 Å². The second kappa shape index (κ2) is 6.07. The van der Waals surface area contributed by atoms with Gasteiger partial charge >= 0.3 is 0 Å². The molecule has 124 valence electrons. The fourth-order valence-electron chi connectivity index (χ4n) is 3.50. The summed E-state index contributed by atoms with van der Waals surface area (Å²) in [5, 5.41) is 2.77. The van der Waals surface area contributed by atoms with Gasteiger partial charge in [-0.05, 0) is 37.0 Å². The second-order valence-corrected chi connectivity index (χ2v) is 6.28. The minimum absolute atomic E-state index is 0.119. The Kier molecular flexibility index (Phi) is 3.76. The van der Waals surface area contributed by atoms with Gasteiger partial charge in [0.25, 0.3) is 5.56 Å². The minimum atomic E-state index is -0.289. The van der Waals surface area contributed by atoms with E-state index in [1.807, 2.05) is 12.1 Å². The number of rotatable bonds is 2. The zero-order valence-corrected chi connectivity index (χ0v) is 13.3. The quantitative estimate of drug-likeness (QED) is 0.876. The Morgan fingerprint density at radius 1 is 1.08 bits per heavy atom. The van der Waals surface area contributed by atoms with E-state index in [4.69, 9.17) is 0 Å². The molecule has 2 aromatic heterocycles. The smallest absolute Gasteiger partial charge is 0.258 e. The standard InChI is InChI=1S/C17H19N5O2/c23-13-10-12(11-4-6-18-7-5-11)14-15(19-13)20-17(21-16(14)24)22-8-2-1-3-9-22/h4-7,12H,1-3,8-10H2,(H2,19,20,21,23,24). The number of carbonyl (C=O) groups excluding carboxylic acids is 1. The van der Waals surface area contributed by atoms with E-state index in [2.05, 4.69) is 25.2 Å². The molecule has 7 heteroatoms. The third-order valence-electron chi connectivity index (χ3n) is 4.70. The van der Waals surface area contributed by atoms with Crippen molar-refractivity contribution >= 4 is 17.7 Å². The first-order valence-corrected chi connectivity index (χ1v) is 8.31. The fourth-order valence-corrected chi connectivity index (χ4v) is 3.50. The molecule has 0 radical (unpaired) electrons. The maximum atomic E-state index is 12.7. The van der Waals surface area contributed by atoms with Gasteiger partial charge in [-0.3, -0.25) is 19.6 Å². The number of hydrogen-bond acceptors (Lipinski definition) is 5. The number of amides is 1. The largest absolute Gasteiger partial charge is 0.342 e. The third-order valence-corrected chi connectivity index (χ3v) is 4.70. The molecule has 1 saturated heterocycles. The SMILES string of the molecule is O=C1CC(c2ccncc2)c2c(nc(N3CCCCC3)[nH]c2=O)N1. The maximum Gasteiger partial charge on any atom is 0.258 e. The Labute approximate surface area is 139 Å². The number of H-pyrrole nitrogens is 1. The average molecular weight is 325 g/mol. The van der Waals surface area contributed by atoms with Crippen molar-refractivity contribution < 1.29 is 4.79 Å². The average Bonchev–Trinajstić information content (AvgIpc) is 2.62. The van der Waals surface area contributed by atoms with Gasteiger partial charge in [-0.1, -0.05) is 0 Å². The third kappa shape index (κ3) is 2.66. The number of carbonyl (C=O) groups is 1. The van der Waals surface area contributed by atoms with Gasteiger partial charge in [0.05, 0.1) is 5.56 Å². The lowest BCUT2D eigenvalue weighted by Crippen LogP contribution is -2.36. The maximum absolute atomic E-state index is 12.7. The zero-order valence-electron chi connectivity index (χ0n) is 13.3. The Bertz CT molecular complexity index is 811. The molecule has 4 heterocycles. The molecule has 0 spiro atoms. The van der Waals surface area contributed by atoms with Crippen LogP contribution in [0.3, 0.4) is 0 Å². The molecular weight excluding hydrogens is 306 g/mol. The number of nitrogens with one attached hydrogen (secondary N) is 2. The molecule has 2 aliphatic heterocycles. The van der Waals surface area contributed by atoms with E-state index in [0.29, 0.717) is 17.3 Å². The molecule has 2 aliphatic rings. The molecule has 0 saturated carbocycles. The first-order valence-electron chi connectivity index (χ1n) is 8.31. The number of anilines is 2. The lowest BCUT2D eigenvalue weighted by atomic mass is 9.87. The normalized spacial score (nSPS) is 20.4. The van der Waals surface area contributed by atoms with Crippen molar-refractivity contribution in [1.82, 2.24) is 15.0 Å². The molecule has 1 fully saturated rings. The Balaban J connectivity index is 1.78. The molecule has 2 N–H and O–H groups in total. The van der Waals surface area contributed by atoms with Crippen molar-refractivity contribution in [2.24, 2.45) is 0 Å². The molecule has 1 unspecified atom stereocenters. The number of piperidine rings is 1. The van der Waals surface area contributed by atoms with Gasteiger partial charge in [-0.25, -0.2) is 0 Å². The molecule has 1 atom stereocenters. The van der Waals surface area contributed by atoms with Gasteiger partial charge in [0, 0.05) is 37.8 Å². The molecule has 0 aliphatic carbocycles. The summed E-state index contributed by atoms with van der Waals surface area (Å²) in [4.78, 5) is 38.4. The van der Waals surface area contributed by atoms with Crippen molar-refractivity contribution in [3.63, 3.8) is 0 Å². The van der Waals surface area contributed by atoms with E-state index in [0.717, 1.165) is 31.5 Å². The Morgan fingerprint density at radius 3 is 2.58 bits per heavy atom. The first-order chi connectivity index (χ1) is 11.7. The summed E-state index contributed by atoms with van der Waals surface area (Å²) >= 11 is 0. The Hall–Kier alpha value is -2.70. The molecular formula is C17H19N5O2. The lowest BCUT2D eigenvalue weighted by Gasteiger charge is -2.29. The summed E-state index contributed by atoms with van der Waals surface area (Å²) in [6, 6.07) is 3.68. The van der Waals surface area contributed by atoms with Crippen LogP contribution >= 0.6 is 0 Å². The monoisotopic (exact) mass is 325 g/mol. The zero-order chi connectivity index (χ0) is 16.5. The summed E-state index contributed by atoms with van der Waals surface area (Å²) in [6.07, 6.45) is 6.97. The van der Waals surface area contributed by atoms with Crippen LogP contribution in [0.15, 0.2) is 29.3 Å². The van der Waals surface area contributed by atoms with Crippen LogP contribution in [0.1, 0.15) is 42.7 Å². The van der Waals surface area contributed by atoms with Gasteiger partial charge < -0.3 is 10.2 Å². The second-order valence-electron chi connectivity index (χ2n) is 6.28. The fraction of sp³-hybridized carbons (Fsp3) is 0.412. The van der Waals surface area contributed by atoms with Crippen LogP contribution in [0, 0.1) is 0 Å². The van der Waals surface area contributed by atoms with E-state index >= 15 is 0 Å². The van der Waals surface area contributed by atoms with E-state index in [1.54, 1.807) is 12.4 Å². The molecule has 0 aromatic carbocycles. The van der Waals surface area contributed by atoms with Crippen molar-refractivity contribution in [3.8, 4) is 0 Å². The summed E-state index contributed by atoms with van der Waals surface area (Å²) in [7, 11) is 0. The van der Waals surface area contributed by atoms with Gasteiger partial charge in [0.2, 0.25) is 11.9 Å². The molecule has 7 nitrogen and oxygen atoms in total. The van der Waals surface area contributed by atoms with Crippen molar-refractivity contribution in [2.45, 2.75) is 31.6 Å². The van der Waals surface area contributed by atoms with Gasteiger partial charge in [-0.2, -0.15) is 4.98 Å². The first kappa shape index (κ1) is 14.9. The number of nitrogens with zero attached hydrogens (tertiary/aromatic N) is 3. The van der Waals surface area contributed by atoms with Crippen molar-refractivity contribution in [2.75, 3.05) is 23.3 Å². The van der Waals surface area contributed by atoms with Gasteiger partial charge in [0.15, 0.2) is 0 Å². The van der Waals surface area contributed by atoms with Crippen LogP contribution in [0.4, 0.5) is 11.8 Å². The van der Waals surface area contributed by atoms with E-state index in [-0.39, 0.29) is 23.8 Å². The van der Waals surface area contributed by atoms with Crippen LogP contribution in [0.2, 0.25) is 0 Å². The highest BCUT2D eigenvalue weighted by Gasteiger charge is 2.31. The topological polar surface area (TPSA) is 91.0 Å². The number of aromatic nitrogens is 3. The van der Waals surface area contributed by atoms with Crippen LogP contribution in [0.25, 0.3) is 0 Å². The Morgan fingerprint density at radius 2 is 1.83 bits per heavy atom. The molecule has 2 aromatic rings. The molecule has 24 heavy (non-hydrogen) atoms. The van der Waals surface area contributed by atoms with Gasteiger partial charge in [0.1, 0.15) is 5.82 Å². The van der Waals surface area contributed by atoms with Crippen molar-refractivity contribution in [3.05, 3.63) is 46.0 Å². The summed E-state index contributed by atoms with van der Waals surface area (Å²) in [6.45, 7) is 1.76. The summed E-state index contributed by atoms with van der Waals surface area (Å²) < 4.78 is 0. The predicted octanol–water partition coefficient (Wildman–Crippen LogP) is 1.63. The number of pyridine rings is 1.